The van der Waals surface area contributed by atoms with Gasteiger partial charge in [0, 0.05) is 5.54 Å². The number of carbonyl (C=O) groups excluding carboxylic acids is 1. The summed E-state index contributed by atoms with van der Waals surface area (Å²) in [6, 6.07) is 6.07. The summed E-state index contributed by atoms with van der Waals surface area (Å²) in [5, 5.41) is 22.0. The van der Waals surface area contributed by atoms with E-state index in [1.165, 1.54) is 6.42 Å². The highest BCUT2D eigenvalue weighted by Crippen LogP contribution is 2.62. The summed E-state index contributed by atoms with van der Waals surface area (Å²) in [6.45, 7) is 0. The van der Waals surface area contributed by atoms with Crippen LogP contribution in [-0.4, -0.2) is 33.7 Å². The van der Waals surface area contributed by atoms with E-state index in [4.69, 9.17) is 5.73 Å². The second kappa shape index (κ2) is 6.51. The Kier molecular flexibility index (Phi) is 4.41. The summed E-state index contributed by atoms with van der Waals surface area (Å²) in [5.41, 5.74) is 6.62. The van der Waals surface area contributed by atoms with Crippen molar-refractivity contribution in [3.63, 3.8) is 0 Å². The van der Waals surface area contributed by atoms with Crippen molar-refractivity contribution in [2.24, 2.45) is 23.0 Å². The number of aliphatic carboxylic acids is 1. The van der Waals surface area contributed by atoms with Crippen molar-refractivity contribution in [1.82, 2.24) is 5.32 Å². The Morgan fingerprint density at radius 1 is 1.15 bits per heavy atom. The first kappa shape index (κ1) is 18.3. The zero-order valence-electron chi connectivity index (χ0n) is 15.5. The van der Waals surface area contributed by atoms with Crippen LogP contribution in [0.4, 0.5) is 0 Å². The van der Waals surface area contributed by atoms with Crippen LogP contribution in [0.3, 0.4) is 0 Å². The molecule has 146 valence electrons. The second-order valence-corrected chi connectivity index (χ2v) is 9.28. The van der Waals surface area contributed by atoms with Gasteiger partial charge < -0.3 is 21.3 Å². The lowest BCUT2D eigenvalue weighted by atomic mass is 9.46. The lowest BCUT2D eigenvalue weighted by Crippen LogP contribution is -2.65. The molecule has 4 bridgehead atoms. The standard InChI is InChI=1S/C21H28N2O4/c22-17(6-13-1-3-16(24)4-2-13)19(27)23-21-9-14-5-15(10-21)8-20(7-14,12-21)11-18(25)26/h1-4,14-15,17,24H,5-12,22H2,(H,23,27)(H,25,26)/t14-,15+,17-,20?,21?/m0/s1. The maximum Gasteiger partial charge on any atom is 0.303 e. The molecule has 2 unspecified atom stereocenters. The quantitative estimate of drug-likeness (QED) is 0.611. The fourth-order valence-electron chi connectivity index (χ4n) is 6.46. The van der Waals surface area contributed by atoms with Crippen LogP contribution < -0.4 is 11.1 Å². The van der Waals surface area contributed by atoms with Gasteiger partial charge in [0.2, 0.25) is 5.91 Å². The number of hydrogen-bond donors (Lipinski definition) is 4. The number of nitrogens with two attached hydrogens (primary N) is 1. The van der Waals surface area contributed by atoms with Crippen molar-refractivity contribution in [3.8, 4) is 5.75 Å². The largest absolute Gasteiger partial charge is 0.508 e. The van der Waals surface area contributed by atoms with Gasteiger partial charge in [-0.15, -0.1) is 0 Å². The summed E-state index contributed by atoms with van der Waals surface area (Å²) in [4.78, 5) is 24.2. The molecule has 4 aliphatic carbocycles. The molecule has 4 aliphatic rings. The Labute approximate surface area is 159 Å². The fourth-order valence-corrected chi connectivity index (χ4v) is 6.46. The molecule has 27 heavy (non-hydrogen) atoms. The van der Waals surface area contributed by atoms with Gasteiger partial charge in [-0.3, -0.25) is 9.59 Å². The first-order chi connectivity index (χ1) is 12.8. The van der Waals surface area contributed by atoms with Crippen LogP contribution in [0.15, 0.2) is 24.3 Å². The molecule has 1 amide bonds. The molecule has 5 rings (SSSR count). The van der Waals surface area contributed by atoms with Crippen molar-refractivity contribution < 1.29 is 19.8 Å². The van der Waals surface area contributed by atoms with Crippen molar-refractivity contribution in [1.29, 1.82) is 0 Å². The second-order valence-electron chi connectivity index (χ2n) is 9.28. The maximum absolute atomic E-state index is 12.8. The first-order valence-electron chi connectivity index (χ1n) is 9.84. The van der Waals surface area contributed by atoms with Crippen LogP contribution in [0.1, 0.15) is 50.5 Å². The van der Waals surface area contributed by atoms with E-state index < -0.39 is 12.0 Å². The van der Waals surface area contributed by atoms with Crippen LogP contribution in [0.2, 0.25) is 0 Å². The Morgan fingerprint density at radius 2 is 1.78 bits per heavy atom. The van der Waals surface area contributed by atoms with E-state index in [2.05, 4.69) is 5.32 Å². The Bertz CT molecular complexity index is 731. The third kappa shape index (κ3) is 3.68. The predicted molar refractivity (Wildman–Crippen MR) is 100 cm³/mol. The van der Waals surface area contributed by atoms with E-state index in [1.807, 2.05) is 0 Å². The van der Waals surface area contributed by atoms with Gasteiger partial charge in [-0.2, -0.15) is 0 Å². The molecule has 0 heterocycles. The molecule has 0 spiro atoms. The van der Waals surface area contributed by atoms with E-state index in [0.717, 1.165) is 37.7 Å². The van der Waals surface area contributed by atoms with Crippen LogP contribution in [0, 0.1) is 17.3 Å². The summed E-state index contributed by atoms with van der Waals surface area (Å²) in [7, 11) is 0. The van der Waals surface area contributed by atoms with E-state index in [0.29, 0.717) is 18.3 Å². The minimum absolute atomic E-state index is 0.157. The maximum atomic E-state index is 12.8. The number of carboxylic acids is 1. The first-order valence-corrected chi connectivity index (χ1v) is 9.84. The summed E-state index contributed by atoms with van der Waals surface area (Å²) in [5.74, 6) is 0.325. The highest BCUT2D eigenvalue weighted by molar-refractivity contribution is 5.82. The van der Waals surface area contributed by atoms with E-state index >= 15 is 0 Å². The van der Waals surface area contributed by atoms with Crippen LogP contribution in [0.25, 0.3) is 0 Å². The van der Waals surface area contributed by atoms with Crippen molar-refractivity contribution >= 4 is 11.9 Å². The van der Waals surface area contributed by atoms with Crippen LogP contribution >= 0.6 is 0 Å². The van der Waals surface area contributed by atoms with Gasteiger partial charge >= 0.3 is 5.97 Å². The number of hydrogen-bond acceptors (Lipinski definition) is 4. The number of carboxylic acid groups (broad SMARTS) is 1. The molecule has 0 aliphatic heterocycles. The molecular weight excluding hydrogens is 344 g/mol. The van der Waals surface area contributed by atoms with Crippen molar-refractivity contribution in [2.45, 2.75) is 62.9 Å². The summed E-state index contributed by atoms with van der Waals surface area (Å²) in [6.07, 6.45) is 6.40. The summed E-state index contributed by atoms with van der Waals surface area (Å²) >= 11 is 0. The molecule has 1 aromatic rings. The number of phenolic OH excluding ortho intramolecular Hbond substituents is 1. The molecule has 6 nitrogen and oxygen atoms in total. The normalized spacial score (nSPS) is 35.0. The molecule has 0 saturated heterocycles. The van der Waals surface area contributed by atoms with E-state index in [9.17, 15) is 19.8 Å². The average molecular weight is 372 g/mol. The zero-order valence-corrected chi connectivity index (χ0v) is 15.5. The molecule has 0 radical (unpaired) electrons. The van der Waals surface area contributed by atoms with E-state index in [-0.39, 0.29) is 29.0 Å². The van der Waals surface area contributed by atoms with Crippen LogP contribution in [-0.2, 0) is 16.0 Å². The number of amides is 1. The van der Waals surface area contributed by atoms with Crippen LogP contribution in [0.5, 0.6) is 5.75 Å². The topological polar surface area (TPSA) is 113 Å². The Balaban J connectivity index is 1.45. The predicted octanol–water partition coefficient (Wildman–Crippen LogP) is 2.19. The fraction of sp³-hybridized carbons (Fsp3) is 0.619. The molecule has 5 atom stereocenters. The van der Waals surface area contributed by atoms with Crippen molar-refractivity contribution in [3.05, 3.63) is 29.8 Å². The zero-order chi connectivity index (χ0) is 19.2. The molecule has 0 aromatic heterocycles. The Morgan fingerprint density at radius 3 is 2.37 bits per heavy atom. The number of phenols is 1. The highest BCUT2D eigenvalue weighted by atomic mass is 16.4. The smallest absolute Gasteiger partial charge is 0.303 e. The van der Waals surface area contributed by atoms with Gasteiger partial charge in [-0.25, -0.2) is 0 Å². The average Bonchev–Trinajstić information content (AvgIpc) is 2.54. The van der Waals surface area contributed by atoms with Gasteiger partial charge in [0.15, 0.2) is 0 Å². The number of benzene rings is 1. The molecule has 6 heteroatoms. The molecule has 1 aromatic carbocycles. The van der Waals surface area contributed by atoms with Gasteiger partial charge in [0.25, 0.3) is 0 Å². The number of aromatic hydroxyl groups is 1. The molecular formula is C21H28N2O4. The lowest BCUT2D eigenvalue weighted by Gasteiger charge is -2.62. The minimum atomic E-state index is -0.734. The van der Waals surface area contributed by atoms with Gasteiger partial charge in [0.05, 0.1) is 12.5 Å². The molecule has 4 fully saturated rings. The van der Waals surface area contributed by atoms with Crippen molar-refractivity contribution in [2.75, 3.05) is 0 Å². The third-order valence-electron chi connectivity index (χ3n) is 6.83. The molecule has 4 saturated carbocycles. The number of rotatable bonds is 6. The molecule has 5 N–H and O–H groups in total. The monoisotopic (exact) mass is 372 g/mol. The Hall–Kier alpha value is -2.08. The van der Waals surface area contributed by atoms with E-state index in [1.54, 1.807) is 24.3 Å². The van der Waals surface area contributed by atoms with Gasteiger partial charge in [-0.05, 0) is 79.9 Å². The minimum Gasteiger partial charge on any atom is -0.508 e. The van der Waals surface area contributed by atoms with Gasteiger partial charge in [0.1, 0.15) is 5.75 Å². The number of carbonyl (C=O) groups is 2. The third-order valence-corrected chi connectivity index (χ3v) is 6.83. The van der Waals surface area contributed by atoms with Gasteiger partial charge in [-0.1, -0.05) is 12.1 Å². The lowest BCUT2D eigenvalue weighted by molar-refractivity contribution is -0.149. The summed E-state index contributed by atoms with van der Waals surface area (Å²) < 4.78 is 0. The number of nitrogens with one attached hydrogen (secondary N) is 1. The SMILES string of the molecule is N[C@@H](Cc1ccc(O)cc1)C(=O)NC12C[C@@H]3C[C@@H](CC(CC(=O)O)(C3)C1)C2. The highest BCUT2D eigenvalue weighted by Gasteiger charge is 2.58.